The minimum absolute atomic E-state index is 0.108. The fourth-order valence-corrected chi connectivity index (χ4v) is 3.43. The summed E-state index contributed by atoms with van der Waals surface area (Å²) >= 11 is 4.44. The SMILES string of the molecule is CC(SCCN1C(=O)NC(C)(C)C1=O)C(=O)Nc1ccc(Br)cc1F. The second-order valence-electron chi connectivity index (χ2n) is 6.14. The normalized spacial score (nSPS) is 17.4. The maximum atomic E-state index is 13.7. The summed E-state index contributed by atoms with van der Waals surface area (Å²) in [5, 5.41) is 4.67. The van der Waals surface area contributed by atoms with Crippen molar-refractivity contribution in [2.75, 3.05) is 17.6 Å². The van der Waals surface area contributed by atoms with E-state index in [-0.39, 0.29) is 24.0 Å². The molecule has 0 radical (unpaired) electrons. The maximum Gasteiger partial charge on any atom is 0.325 e. The first-order chi connectivity index (χ1) is 11.6. The Kier molecular flexibility index (Phi) is 6.10. The van der Waals surface area contributed by atoms with Crippen LogP contribution in [0.3, 0.4) is 0 Å². The van der Waals surface area contributed by atoms with Gasteiger partial charge >= 0.3 is 6.03 Å². The lowest BCUT2D eigenvalue weighted by Gasteiger charge is -2.17. The average Bonchev–Trinajstić information content (AvgIpc) is 2.71. The van der Waals surface area contributed by atoms with E-state index in [1.54, 1.807) is 26.8 Å². The number of nitrogens with one attached hydrogen (secondary N) is 2. The van der Waals surface area contributed by atoms with Gasteiger partial charge in [0.15, 0.2) is 0 Å². The monoisotopic (exact) mass is 431 g/mol. The number of anilines is 1. The molecule has 136 valence electrons. The molecule has 1 fully saturated rings. The van der Waals surface area contributed by atoms with Gasteiger partial charge in [0.1, 0.15) is 11.4 Å². The van der Waals surface area contributed by atoms with Gasteiger partial charge in [0.25, 0.3) is 5.91 Å². The van der Waals surface area contributed by atoms with Crippen molar-refractivity contribution in [1.29, 1.82) is 0 Å². The van der Waals surface area contributed by atoms with Crippen LogP contribution in [0.2, 0.25) is 0 Å². The van der Waals surface area contributed by atoms with Gasteiger partial charge in [-0.1, -0.05) is 15.9 Å². The Morgan fingerprint density at radius 1 is 1.44 bits per heavy atom. The number of benzene rings is 1. The zero-order chi connectivity index (χ0) is 18.8. The Labute approximate surface area is 158 Å². The van der Waals surface area contributed by atoms with Crippen LogP contribution >= 0.6 is 27.7 Å². The van der Waals surface area contributed by atoms with Gasteiger partial charge < -0.3 is 10.6 Å². The van der Waals surface area contributed by atoms with E-state index in [9.17, 15) is 18.8 Å². The topological polar surface area (TPSA) is 78.5 Å². The predicted molar refractivity (Wildman–Crippen MR) is 99.0 cm³/mol. The highest BCUT2D eigenvalue weighted by molar-refractivity contribution is 9.10. The standard InChI is InChI=1S/C16H19BrFN3O3S/c1-9(13(22)19-12-5-4-10(17)8-11(12)18)25-7-6-21-14(23)16(2,3)20-15(21)24/h4-5,8-9H,6-7H2,1-3H3,(H,19,22)(H,20,24). The largest absolute Gasteiger partial charge is 0.325 e. The second-order valence-corrected chi connectivity index (χ2v) is 8.50. The number of amides is 4. The third kappa shape index (κ3) is 4.72. The second kappa shape index (κ2) is 7.74. The van der Waals surface area contributed by atoms with E-state index in [1.807, 2.05) is 0 Å². The van der Waals surface area contributed by atoms with Crippen molar-refractivity contribution in [1.82, 2.24) is 10.2 Å². The summed E-state index contributed by atoms with van der Waals surface area (Å²) in [4.78, 5) is 37.1. The highest BCUT2D eigenvalue weighted by Gasteiger charge is 2.43. The van der Waals surface area contributed by atoms with Crippen molar-refractivity contribution in [3.63, 3.8) is 0 Å². The van der Waals surface area contributed by atoms with E-state index in [0.717, 1.165) is 4.90 Å². The van der Waals surface area contributed by atoms with Crippen molar-refractivity contribution < 1.29 is 18.8 Å². The number of hydrogen-bond donors (Lipinski definition) is 2. The third-order valence-electron chi connectivity index (χ3n) is 3.69. The Bertz CT molecular complexity index is 714. The van der Waals surface area contributed by atoms with Gasteiger partial charge in [-0.25, -0.2) is 9.18 Å². The van der Waals surface area contributed by atoms with Crippen LogP contribution < -0.4 is 10.6 Å². The van der Waals surface area contributed by atoms with Gasteiger partial charge in [0.05, 0.1) is 10.9 Å². The summed E-state index contributed by atoms with van der Waals surface area (Å²) in [6.45, 7) is 5.18. The van der Waals surface area contributed by atoms with Gasteiger partial charge in [0.2, 0.25) is 5.91 Å². The number of urea groups is 1. The molecule has 1 unspecified atom stereocenters. The number of imide groups is 1. The summed E-state index contributed by atoms with van der Waals surface area (Å²) in [5.41, 5.74) is -0.791. The van der Waals surface area contributed by atoms with Crippen LogP contribution in [0.25, 0.3) is 0 Å². The molecule has 0 bridgehead atoms. The number of rotatable bonds is 6. The summed E-state index contributed by atoms with van der Waals surface area (Å²) < 4.78 is 14.3. The Balaban J connectivity index is 1.84. The number of carbonyl (C=O) groups excluding carboxylic acids is 3. The first kappa shape index (κ1) is 19.7. The molecule has 1 aromatic rings. The minimum atomic E-state index is -0.899. The molecule has 1 aliphatic heterocycles. The molecular weight excluding hydrogens is 413 g/mol. The highest BCUT2D eigenvalue weighted by Crippen LogP contribution is 2.22. The zero-order valence-electron chi connectivity index (χ0n) is 14.1. The quantitative estimate of drug-likeness (QED) is 0.678. The number of halogens is 2. The first-order valence-electron chi connectivity index (χ1n) is 7.63. The number of carbonyl (C=O) groups is 3. The van der Waals surface area contributed by atoms with E-state index in [0.29, 0.717) is 10.2 Å². The van der Waals surface area contributed by atoms with Crippen molar-refractivity contribution >= 4 is 51.2 Å². The van der Waals surface area contributed by atoms with Crippen LogP contribution in [-0.4, -0.2) is 45.8 Å². The highest BCUT2D eigenvalue weighted by atomic mass is 79.9. The average molecular weight is 432 g/mol. The van der Waals surface area contributed by atoms with Crippen LogP contribution in [0.15, 0.2) is 22.7 Å². The molecule has 4 amide bonds. The molecule has 1 aliphatic rings. The minimum Gasteiger partial charge on any atom is -0.324 e. The Morgan fingerprint density at radius 3 is 2.68 bits per heavy atom. The van der Waals surface area contributed by atoms with E-state index >= 15 is 0 Å². The van der Waals surface area contributed by atoms with Gasteiger partial charge in [0, 0.05) is 16.8 Å². The van der Waals surface area contributed by atoms with Crippen LogP contribution in [-0.2, 0) is 9.59 Å². The smallest absolute Gasteiger partial charge is 0.324 e. The molecule has 25 heavy (non-hydrogen) atoms. The molecule has 6 nitrogen and oxygen atoms in total. The molecular formula is C16H19BrFN3O3S. The predicted octanol–water partition coefficient (Wildman–Crippen LogP) is 2.98. The van der Waals surface area contributed by atoms with Gasteiger partial charge in [-0.05, 0) is 39.0 Å². The summed E-state index contributed by atoms with van der Waals surface area (Å²) in [5.74, 6) is -0.746. The first-order valence-corrected chi connectivity index (χ1v) is 9.47. The van der Waals surface area contributed by atoms with E-state index < -0.39 is 22.6 Å². The fraction of sp³-hybridized carbons (Fsp3) is 0.438. The third-order valence-corrected chi connectivity index (χ3v) is 5.31. The lowest BCUT2D eigenvalue weighted by Crippen LogP contribution is -2.40. The van der Waals surface area contributed by atoms with Crippen molar-refractivity contribution in [2.45, 2.75) is 31.6 Å². The van der Waals surface area contributed by atoms with E-state index in [1.165, 1.54) is 23.9 Å². The molecule has 1 saturated heterocycles. The molecule has 1 atom stereocenters. The number of thioether (sulfide) groups is 1. The summed E-state index contributed by atoms with van der Waals surface area (Å²) in [6, 6.07) is 3.96. The molecule has 1 heterocycles. The summed E-state index contributed by atoms with van der Waals surface area (Å²) in [6.07, 6.45) is 0. The number of hydrogen-bond acceptors (Lipinski definition) is 4. The van der Waals surface area contributed by atoms with Crippen LogP contribution in [0.1, 0.15) is 20.8 Å². The molecule has 0 spiro atoms. The molecule has 2 N–H and O–H groups in total. The van der Waals surface area contributed by atoms with Crippen LogP contribution in [0.4, 0.5) is 14.9 Å². The fourth-order valence-electron chi connectivity index (χ4n) is 2.24. The van der Waals surface area contributed by atoms with E-state index in [4.69, 9.17) is 0 Å². The van der Waals surface area contributed by atoms with Gasteiger partial charge in [-0.2, -0.15) is 0 Å². The molecule has 1 aromatic carbocycles. The lowest BCUT2D eigenvalue weighted by atomic mass is 10.1. The zero-order valence-corrected chi connectivity index (χ0v) is 16.5. The Morgan fingerprint density at radius 2 is 2.12 bits per heavy atom. The molecule has 9 heteroatoms. The van der Waals surface area contributed by atoms with Crippen molar-refractivity contribution in [2.24, 2.45) is 0 Å². The lowest BCUT2D eigenvalue weighted by molar-refractivity contribution is -0.130. The molecule has 0 aliphatic carbocycles. The maximum absolute atomic E-state index is 13.7. The van der Waals surface area contributed by atoms with Crippen molar-refractivity contribution in [3.8, 4) is 0 Å². The van der Waals surface area contributed by atoms with Gasteiger partial charge in [-0.15, -0.1) is 11.8 Å². The molecule has 2 rings (SSSR count). The van der Waals surface area contributed by atoms with Crippen LogP contribution in [0, 0.1) is 5.82 Å². The molecule has 0 aromatic heterocycles. The molecule has 0 saturated carbocycles. The van der Waals surface area contributed by atoms with Gasteiger partial charge in [-0.3, -0.25) is 14.5 Å². The van der Waals surface area contributed by atoms with Crippen molar-refractivity contribution in [3.05, 3.63) is 28.5 Å². The van der Waals surface area contributed by atoms with E-state index in [2.05, 4.69) is 26.6 Å². The number of nitrogens with zero attached hydrogens (tertiary/aromatic N) is 1. The summed E-state index contributed by atoms with van der Waals surface area (Å²) in [7, 11) is 0. The Hall–Kier alpha value is -1.61. The van der Waals surface area contributed by atoms with Crippen LogP contribution in [0.5, 0.6) is 0 Å².